The summed E-state index contributed by atoms with van der Waals surface area (Å²) >= 11 is 0. The average molecular weight is 481 g/mol. The number of hydrogen-bond donors (Lipinski definition) is 0. The van der Waals surface area contributed by atoms with E-state index in [0.717, 1.165) is 0 Å². The summed E-state index contributed by atoms with van der Waals surface area (Å²) in [4.78, 5) is 0. The Bertz CT molecular complexity index is 1540. The van der Waals surface area contributed by atoms with E-state index in [9.17, 15) is 0 Å². The molecule has 0 fully saturated rings. The molecule has 0 saturated heterocycles. The molecule has 0 heterocycles. The van der Waals surface area contributed by atoms with E-state index in [2.05, 4.69) is 151 Å². The summed E-state index contributed by atoms with van der Waals surface area (Å²) in [6, 6.07) is 41.5. The molecule has 37 heavy (non-hydrogen) atoms. The van der Waals surface area contributed by atoms with E-state index in [0.29, 0.717) is 0 Å². The fraction of sp³-hybridized carbons (Fsp3) is 0.243. The zero-order valence-corrected chi connectivity index (χ0v) is 22.9. The van der Waals surface area contributed by atoms with Crippen molar-refractivity contribution in [2.75, 3.05) is 0 Å². The van der Waals surface area contributed by atoms with Crippen molar-refractivity contribution < 1.29 is 0 Å². The van der Waals surface area contributed by atoms with Gasteiger partial charge in [0.25, 0.3) is 0 Å². The van der Waals surface area contributed by atoms with E-state index in [1.165, 1.54) is 55.3 Å². The topological polar surface area (TPSA) is 0 Å². The molecular formula is C37H36. The minimum Gasteiger partial charge on any atom is -0.0619 e. The summed E-state index contributed by atoms with van der Waals surface area (Å²) < 4.78 is 0. The summed E-state index contributed by atoms with van der Waals surface area (Å²) in [6.07, 6.45) is 0. The largest absolute Gasteiger partial charge is 0.0713 e. The van der Waals surface area contributed by atoms with Gasteiger partial charge < -0.3 is 0 Å². The Hall–Kier alpha value is -3.64. The van der Waals surface area contributed by atoms with Crippen LogP contribution in [0.5, 0.6) is 0 Å². The normalized spacial score (nSPS) is 14.4. The van der Waals surface area contributed by atoms with Crippen LogP contribution in [0, 0.1) is 0 Å². The van der Waals surface area contributed by atoms with Crippen LogP contribution >= 0.6 is 0 Å². The lowest BCUT2D eigenvalue weighted by atomic mass is 9.59. The van der Waals surface area contributed by atoms with Crippen LogP contribution < -0.4 is 0 Å². The Morgan fingerprint density at radius 1 is 0.432 bits per heavy atom. The van der Waals surface area contributed by atoms with Gasteiger partial charge in [0, 0.05) is 0 Å². The first-order chi connectivity index (χ1) is 17.6. The summed E-state index contributed by atoms with van der Waals surface area (Å²) in [7, 11) is 0. The van der Waals surface area contributed by atoms with Gasteiger partial charge in [-0.15, -0.1) is 0 Å². The van der Waals surface area contributed by atoms with E-state index in [-0.39, 0.29) is 10.8 Å². The van der Waals surface area contributed by atoms with Crippen LogP contribution in [-0.4, -0.2) is 0 Å². The molecule has 5 aromatic rings. The summed E-state index contributed by atoms with van der Waals surface area (Å²) in [5.74, 6) is 0. The lowest BCUT2D eigenvalue weighted by Crippen LogP contribution is -2.34. The first-order valence-corrected chi connectivity index (χ1v) is 13.5. The van der Waals surface area contributed by atoms with Crippen LogP contribution in [0.15, 0.2) is 109 Å². The van der Waals surface area contributed by atoms with Crippen molar-refractivity contribution in [2.45, 2.75) is 57.8 Å². The van der Waals surface area contributed by atoms with Crippen LogP contribution in [0.1, 0.15) is 74.9 Å². The molecule has 5 aromatic carbocycles. The van der Waals surface area contributed by atoms with E-state index >= 15 is 0 Å². The highest BCUT2D eigenvalue weighted by molar-refractivity contribution is 6.04. The van der Waals surface area contributed by atoms with Crippen molar-refractivity contribution in [3.05, 3.63) is 143 Å². The van der Waals surface area contributed by atoms with Gasteiger partial charge in [-0.3, -0.25) is 0 Å². The standard InChI is InChI=1S/C37H36/c1-35(2,3)26-17-21-28(22-18-26)37(29-23-19-27(20-24-29)36(4,5)6)32-15-8-7-13-30(32)31-14-9-11-25-12-10-16-33(37)34(25)31/h7-24H,1-6H3. The SMILES string of the molecule is CC(C)(C)c1ccc(C2(c3ccc(C(C)(C)C)cc3)c3ccccc3-c3cccc4cccc2c34)cc1. The van der Waals surface area contributed by atoms with E-state index < -0.39 is 5.41 Å². The van der Waals surface area contributed by atoms with Gasteiger partial charge in [0.05, 0.1) is 5.41 Å². The molecule has 184 valence electrons. The molecule has 1 aliphatic carbocycles. The van der Waals surface area contributed by atoms with E-state index in [1.807, 2.05) is 0 Å². The molecule has 0 aliphatic heterocycles. The number of rotatable bonds is 2. The van der Waals surface area contributed by atoms with Crippen molar-refractivity contribution in [2.24, 2.45) is 0 Å². The molecule has 0 radical (unpaired) electrons. The number of fused-ring (bicyclic) bond motifs is 2. The molecule has 0 nitrogen and oxygen atoms in total. The predicted molar refractivity (Wildman–Crippen MR) is 159 cm³/mol. The Morgan fingerprint density at radius 2 is 0.892 bits per heavy atom. The van der Waals surface area contributed by atoms with Gasteiger partial charge in [-0.05, 0) is 66.1 Å². The van der Waals surface area contributed by atoms with Gasteiger partial charge in [-0.1, -0.05) is 151 Å². The smallest absolute Gasteiger partial charge is 0.0619 e. The molecule has 0 amide bonds. The van der Waals surface area contributed by atoms with Gasteiger partial charge in [0.15, 0.2) is 0 Å². The van der Waals surface area contributed by atoms with E-state index in [4.69, 9.17) is 0 Å². The lowest BCUT2D eigenvalue weighted by molar-refractivity contribution is 0.588. The van der Waals surface area contributed by atoms with Gasteiger partial charge in [-0.2, -0.15) is 0 Å². The molecule has 6 rings (SSSR count). The molecule has 0 saturated carbocycles. The molecule has 1 aliphatic rings. The molecule has 0 spiro atoms. The second kappa shape index (κ2) is 8.18. The maximum absolute atomic E-state index is 2.38. The molecule has 0 unspecified atom stereocenters. The highest BCUT2D eigenvalue weighted by Gasteiger charge is 2.44. The van der Waals surface area contributed by atoms with Crippen LogP contribution in [0.2, 0.25) is 0 Å². The molecule has 0 atom stereocenters. The Morgan fingerprint density at radius 3 is 1.43 bits per heavy atom. The highest BCUT2D eigenvalue weighted by Crippen LogP contribution is 2.55. The third-order valence-corrected chi connectivity index (χ3v) is 8.30. The van der Waals surface area contributed by atoms with Crippen LogP contribution in [0.3, 0.4) is 0 Å². The zero-order chi connectivity index (χ0) is 26.0. The second-order valence-electron chi connectivity index (χ2n) is 12.7. The summed E-state index contributed by atoms with van der Waals surface area (Å²) in [5.41, 5.74) is 10.5. The summed E-state index contributed by atoms with van der Waals surface area (Å²) in [6.45, 7) is 13.7. The van der Waals surface area contributed by atoms with Crippen LogP contribution in [0.25, 0.3) is 21.9 Å². The number of hydrogen-bond acceptors (Lipinski definition) is 0. The molecule has 0 N–H and O–H groups in total. The minimum absolute atomic E-state index is 0.108. The molecular weight excluding hydrogens is 444 g/mol. The van der Waals surface area contributed by atoms with Crippen molar-refractivity contribution in [1.82, 2.24) is 0 Å². The first-order valence-electron chi connectivity index (χ1n) is 13.5. The Labute approximate surface area is 222 Å². The van der Waals surface area contributed by atoms with Gasteiger partial charge in [0.2, 0.25) is 0 Å². The molecule has 0 bridgehead atoms. The highest BCUT2D eigenvalue weighted by atomic mass is 14.4. The molecule has 0 aromatic heterocycles. The van der Waals surface area contributed by atoms with Gasteiger partial charge >= 0.3 is 0 Å². The zero-order valence-electron chi connectivity index (χ0n) is 22.9. The fourth-order valence-corrected chi connectivity index (χ4v) is 6.30. The predicted octanol–water partition coefficient (Wildman–Crippen LogP) is 9.80. The minimum atomic E-state index is -0.405. The van der Waals surface area contributed by atoms with Crippen LogP contribution in [-0.2, 0) is 16.2 Å². The Balaban J connectivity index is 1.76. The van der Waals surface area contributed by atoms with Crippen molar-refractivity contribution in [3.8, 4) is 11.1 Å². The molecule has 0 heteroatoms. The first kappa shape index (κ1) is 23.7. The van der Waals surface area contributed by atoms with Crippen molar-refractivity contribution in [1.29, 1.82) is 0 Å². The summed E-state index contributed by atoms with van der Waals surface area (Å²) in [5, 5.41) is 2.66. The van der Waals surface area contributed by atoms with Crippen molar-refractivity contribution >= 4 is 10.8 Å². The van der Waals surface area contributed by atoms with Crippen LogP contribution in [0.4, 0.5) is 0 Å². The number of benzene rings is 5. The quantitative estimate of drug-likeness (QED) is 0.231. The average Bonchev–Trinajstić information content (AvgIpc) is 2.89. The Kier molecular flexibility index (Phi) is 5.25. The maximum Gasteiger partial charge on any atom is 0.0713 e. The third-order valence-electron chi connectivity index (χ3n) is 8.30. The monoisotopic (exact) mass is 480 g/mol. The second-order valence-corrected chi connectivity index (χ2v) is 12.7. The van der Waals surface area contributed by atoms with Gasteiger partial charge in [-0.25, -0.2) is 0 Å². The lowest BCUT2D eigenvalue weighted by Gasteiger charge is -2.42. The third kappa shape index (κ3) is 3.57. The van der Waals surface area contributed by atoms with Gasteiger partial charge in [0.1, 0.15) is 0 Å². The van der Waals surface area contributed by atoms with E-state index in [1.54, 1.807) is 0 Å². The maximum atomic E-state index is 2.38. The van der Waals surface area contributed by atoms with Crippen molar-refractivity contribution in [3.63, 3.8) is 0 Å². The fourth-order valence-electron chi connectivity index (χ4n) is 6.30.